The zero-order valence-electron chi connectivity index (χ0n) is 7.39. The minimum absolute atomic E-state index is 0.471. The van der Waals surface area contributed by atoms with Crippen molar-refractivity contribution in [2.75, 3.05) is 0 Å². The van der Waals surface area contributed by atoms with Crippen LogP contribution in [0.3, 0.4) is 0 Å². The van der Waals surface area contributed by atoms with Gasteiger partial charge in [0.2, 0.25) is 0 Å². The van der Waals surface area contributed by atoms with E-state index in [1.54, 1.807) is 12.3 Å². The molecule has 0 bridgehead atoms. The Morgan fingerprint density at radius 2 is 2.21 bits per heavy atom. The van der Waals surface area contributed by atoms with Crippen LogP contribution in [0, 0.1) is 0 Å². The van der Waals surface area contributed by atoms with Crippen LogP contribution in [0.4, 0.5) is 0 Å². The fourth-order valence-electron chi connectivity index (χ4n) is 1.18. The van der Waals surface area contributed by atoms with Crippen LogP contribution in [0.25, 0.3) is 0 Å². The molecule has 0 spiro atoms. The van der Waals surface area contributed by atoms with Crippen LogP contribution in [0.1, 0.15) is 11.3 Å². The van der Waals surface area contributed by atoms with Gasteiger partial charge in [0.1, 0.15) is 11.5 Å². The summed E-state index contributed by atoms with van der Waals surface area (Å²) in [5.41, 5.74) is 2.01. The van der Waals surface area contributed by atoms with E-state index in [1.807, 2.05) is 18.3 Å². The number of rotatable bonds is 2. The summed E-state index contributed by atoms with van der Waals surface area (Å²) in [4.78, 5) is 12.0. The van der Waals surface area contributed by atoms with Crippen LogP contribution in [0.15, 0.2) is 36.9 Å². The van der Waals surface area contributed by atoms with E-state index in [4.69, 9.17) is 11.6 Å². The molecule has 0 aliphatic heterocycles. The lowest BCUT2D eigenvalue weighted by molar-refractivity contribution is 1.02. The van der Waals surface area contributed by atoms with Gasteiger partial charge in [-0.2, -0.15) is 0 Å². The van der Waals surface area contributed by atoms with Crippen molar-refractivity contribution in [3.05, 3.63) is 53.3 Å². The van der Waals surface area contributed by atoms with E-state index < -0.39 is 0 Å². The molecule has 0 fully saturated rings. The Morgan fingerprint density at radius 3 is 2.93 bits per heavy atom. The van der Waals surface area contributed by atoms with E-state index in [9.17, 15) is 0 Å². The zero-order chi connectivity index (χ0) is 9.80. The fraction of sp³-hybridized carbons (Fsp3) is 0.100. The third-order valence-electron chi connectivity index (χ3n) is 1.80. The second-order valence-electron chi connectivity index (χ2n) is 2.87. The average Bonchev–Trinajstić information content (AvgIpc) is 2.19. The Bertz CT molecular complexity index is 417. The lowest BCUT2D eigenvalue weighted by Crippen LogP contribution is -1.93. The Kier molecular flexibility index (Phi) is 2.70. The number of hydrogen-bond acceptors (Lipinski definition) is 3. The topological polar surface area (TPSA) is 38.7 Å². The Balaban J connectivity index is 2.19. The number of pyridine rings is 1. The van der Waals surface area contributed by atoms with E-state index in [2.05, 4.69) is 15.0 Å². The lowest BCUT2D eigenvalue weighted by atomic mass is 10.1. The van der Waals surface area contributed by atoms with Gasteiger partial charge >= 0.3 is 0 Å². The molecule has 70 valence electrons. The van der Waals surface area contributed by atoms with E-state index >= 15 is 0 Å². The highest BCUT2D eigenvalue weighted by atomic mass is 35.5. The van der Waals surface area contributed by atoms with Gasteiger partial charge in [-0.25, -0.2) is 9.97 Å². The summed E-state index contributed by atoms with van der Waals surface area (Å²) in [5.74, 6) is 0. The third-order valence-corrected chi connectivity index (χ3v) is 2.01. The monoisotopic (exact) mass is 205 g/mol. The summed E-state index contributed by atoms with van der Waals surface area (Å²) in [6, 6.07) is 5.66. The van der Waals surface area contributed by atoms with Crippen LogP contribution in [-0.2, 0) is 6.42 Å². The molecule has 0 saturated heterocycles. The van der Waals surface area contributed by atoms with Crippen LogP contribution in [-0.4, -0.2) is 15.0 Å². The Hall–Kier alpha value is -1.48. The van der Waals surface area contributed by atoms with Gasteiger partial charge in [-0.15, -0.1) is 0 Å². The van der Waals surface area contributed by atoms with Crippen LogP contribution >= 0.6 is 11.6 Å². The highest BCUT2D eigenvalue weighted by Crippen LogP contribution is 2.08. The molecule has 2 heterocycles. The van der Waals surface area contributed by atoms with E-state index in [1.165, 1.54) is 6.33 Å². The van der Waals surface area contributed by atoms with Crippen molar-refractivity contribution in [1.29, 1.82) is 0 Å². The molecule has 0 unspecified atom stereocenters. The normalized spacial score (nSPS) is 10.1. The van der Waals surface area contributed by atoms with Crippen LogP contribution < -0.4 is 0 Å². The van der Waals surface area contributed by atoms with Gasteiger partial charge < -0.3 is 0 Å². The first-order chi connectivity index (χ1) is 6.84. The molecule has 14 heavy (non-hydrogen) atoms. The summed E-state index contributed by atoms with van der Waals surface area (Å²) in [7, 11) is 0. The van der Waals surface area contributed by atoms with Crippen molar-refractivity contribution in [2.45, 2.75) is 6.42 Å². The molecule has 0 N–H and O–H groups in total. The Morgan fingerprint density at radius 1 is 1.29 bits per heavy atom. The fourth-order valence-corrected chi connectivity index (χ4v) is 1.35. The molecule has 2 aromatic rings. The minimum Gasteiger partial charge on any atom is -0.264 e. The average molecular weight is 206 g/mol. The second kappa shape index (κ2) is 4.15. The van der Waals surface area contributed by atoms with Gasteiger partial charge in [0.05, 0.1) is 0 Å². The van der Waals surface area contributed by atoms with Crippen molar-refractivity contribution in [1.82, 2.24) is 15.0 Å². The van der Waals surface area contributed by atoms with Gasteiger partial charge in [-0.1, -0.05) is 17.7 Å². The molecular formula is C10H8ClN3. The first kappa shape index (κ1) is 9.09. The molecule has 3 nitrogen and oxygen atoms in total. The van der Waals surface area contributed by atoms with Crippen LogP contribution in [0.2, 0.25) is 5.15 Å². The number of halogens is 1. The molecule has 0 saturated carbocycles. The third kappa shape index (κ3) is 2.26. The quantitative estimate of drug-likeness (QED) is 0.705. The van der Waals surface area contributed by atoms with Crippen molar-refractivity contribution in [3.63, 3.8) is 0 Å². The summed E-state index contributed by atoms with van der Waals surface area (Å²) < 4.78 is 0. The van der Waals surface area contributed by atoms with Crippen molar-refractivity contribution in [2.24, 2.45) is 0 Å². The molecular weight excluding hydrogens is 198 g/mol. The predicted molar refractivity (Wildman–Crippen MR) is 54.1 cm³/mol. The number of aromatic nitrogens is 3. The second-order valence-corrected chi connectivity index (χ2v) is 3.26. The predicted octanol–water partition coefficient (Wildman–Crippen LogP) is 2.12. The molecule has 4 heteroatoms. The molecule has 2 aromatic heterocycles. The van der Waals surface area contributed by atoms with Crippen molar-refractivity contribution < 1.29 is 0 Å². The highest BCUT2D eigenvalue weighted by molar-refractivity contribution is 6.29. The summed E-state index contributed by atoms with van der Waals surface area (Å²) in [5, 5.41) is 0.471. The molecule has 0 radical (unpaired) electrons. The van der Waals surface area contributed by atoms with Gasteiger partial charge in [0.25, 0.3) is 0 Å². The molecule has 2 rings (SSSR count). The maximum atomic E-state index is 5.74. The molecule has 0 aromatic carbocycles. The summed E-state index contributed by atoms with van der Waals surface area (Å²) >= 11 is 5.74. The van der Waals surface area contributed by atoms with E-state index in [-0.39, 0.29) is 0 Å². The SMILES string of the molecule is Clc1cc(Cc2cccnc2)ncn1. The molecule has 0 atom stereocenters. The summed E-state index contributed by atoms with van der Waals surface area (Å²) in [6.07, 6.45) is 5.76. The molecule has 0 aliphatic carbocycles. The maximum Gasteiger partial charge on any atom is 0.132 e. The zero-order valence-corrected chi connectivity index (χ0v) is 8.15. The molecule has 0 amide bonds. The van der Waals surface area contributed by atoms with E-state index in [0.29, 0.717) is 5.15 Å². The van der Waals surface area contributed by atoms with Crippen molar-refractivity contribution in [3.8, 4) is 0 Å². The first-order valence-electron chi connectivity index (χ1n) is 4.20. The standard InChI is InChI=1S/C10H8ClN3/c11-10-5-9(13-7-14-10)4-8-2-1-3-12-6-8/h1-3,5-7H,4H2. The number of hydrogen-bond donors (Lipinski definition) is 0. The highest BCUT2D eigenvalue weighted by Gasteiger charge is 1.98. The molecule has 0 aliphatic rings. The van der Waals surface area contributed by atoms with Gasteiger partial charge in [0, 0.05) is 24.5 Å². The van der Waals surface area contributed by atoms with Gasteiger partial charge in [0.15, 0.2) is 0 Å². The summed E-state index contributed by atoms with van der Waals surface area (Å²) in [6.45, 7) is 0. The largest absolute Gasteiger partial charge is 0.264 e. The maximum absolute atomic E-state index is 5.74. The van der Waals surface area contributed by atoms with Gasteiger partial charge in [-0.3, -0.25) is 4.98 Å². The van der Waals surface area contributed by atoms with E-state index in [0.717, 1.165) is 17.7 Å². The smallest absolute Gasteiger partial charge is 0.132 e. The first-order valence-corrected chi connectivity index (χ1v) is 4.58. The Labute approximate surface area is 86.8 Å². The minimum atomic E-state index is 0.471. The van der Waals surface area contributed by atoms with Gasteiger partial charge in [-0.05, 0) is 17.7 Å². The van der Waals surface area contributed by atoms with Crippen LogP contribution in [0.5, 0.6) is 0 Å². The van der Waals surface area contributed by atoms with Crippen molar-refractivity contribution >= 4 is 11.6 Å². The number of nitrogens with zero attached hydrogens (tertiary/aromatic N) is 3. The lowest BCUT2D eigenvalue weighted by Gasteiger charge is -1.99.